The van der Waals surface area contributed by atoms with Crippen molar-refractivity contribution in [2.75, 3.05) is 72.0 Å². The lowest BCUT2D eigenvalue weighted by Crippen LogP contribution is -2.57. The van der Waals surface area contributed by atoms with Gasteiger partial charge in [-0.05, 0) is 64.2 Å². The summed E-state index contributed by atoms with van der Waals surface area (Å²) in [4.78, 5) is 224. The predicted molar refractivity (Wildman–Crippen MR) is 327 cm³/mol. The van der Waals surface area contributed by atoms with E-state index in [1.165, 1.54) is 16.7 Å². The van der Waals surface area contributed by atoms with Crippen LogP contribution in [0.2, 0.25) is 0 Å². The van der Waals surface area contributed by atoms with E-state index in [1.54, 1.807) is 13.8 Å². The van der Waals surface area contributed by atoms with Crippen LogP contribution in [0.25, 0.3) is 0 Å². The molecule has 4 rings (SSSR count). The molecule has 4 aliphatic rings. The molecule has 0 radical (unpaired) electrons. The van der Waals surface area contributed by atoms with Crippen molar-refractivity contribution < 1.29 is 107 Å². The minimum atomic E-state index is -1.57. The number of β-amino-alcohol motifs (C(OH)–C–C–N with tert-alkyl or cyclic N) is 2. The minimum Gasteiger partial charge on any atom is -0.481 e. The molecule has 534 valence electrons. The fourth-order valence-corrected chi connectivity index (χ4v) is 11.0. The van der Waals surface area contributed by atoms with Crippen LogP contribution in [0.4, 0.5) is 0 Å². The Labute approximate surface area is 549 Å². The Hall–Kier alpha value is -9.86. The molecular formula is C56H88N18O22. The van der Waals surface area contributed by atoms with Gasteiger partial charge in [0.15, 0.2) is 5.96 Å². The highest BCUT2D eigenvalue weighted by atomic mass is 16.4. The third-order valence-electron chi connectivity index (χ3n) is 16.0. The number of nitrogens with one attached hydrogen (secondary N) is 12. The smallest absolute Gasteiger partial charge is 0.326 e. The first-order valence-electron chi connectivity index (χ1n) is 31.1. The number of carboxylic acid groups (broad SMARTS) is 3. The van der Waals surface area contributed by atoms with Crippen LogP contribution in [-0.2, 0) is 81.5 Å². The molecule has 0 saturated carbocycles. The number of aliphatic hydroxyl groups is 2. The molecule has 0 aromatic heterocycles. The average Bonchev–Trinajstić information content (AvgIpc) is 1.65. The monoisotopic (exact) mass is 1360 g/mol. The van der Waals surface area contributed by atoms with Crippen molar-refractivity contribution >= 4 is 107 Å². The Morgan fingerprint density at radius 1 is 0.500 bits per heavy atom. The maximum atomic E-state index is 14.1. The second-order valence-electron chi connectivity index (χ2n) is 23.6. The Balaban J connectivity index is 1.23. The first-order valence-corrected chi connectivity index (χ1v) is 31.1. The van der Waals surface area contributed by atoms with E-state index in [1.807, 2.05) is 0 Å². The molecule has 0 unspecified atom stereocenters. The van der Waals surface area contributed by atoms with Crippen molar-refractivity contribution in [2.45, 2.75) is 164 Å². The SMILES string of the molecule is CC(C)[C@H](NC(=O)[C@@H]1CCCN1C(=O)CNC(=O)[C@H](C)NC(=O)CNC(=O)CNC(=O)[C@@H]1C[C@@H](O)CN1C(=O)[C@H](CCC(=O)O)NC(=O)CN)C(=O)NCC(=O)N1CCC[C@H]1C(=O)N1C[C@H](O)C[C@H]1C(=O)NCC(=O)N[C@@H](CCC(=O)O)C(=O)N[C@@H](CCCNC(=N)N)C(=O)O. The number of guanidine groups is 1. The largest absolute Gasteiger partial charge is 0.481 e. The molecule has 0 spiro atoms. The van der Waals surface area contributed by atoms with Gasteiger partial charge in [0.05, 0.1) is 51.5 Å². The number of hydrogen-bond donors (Lipinski definition) is 19. The van der Waals surface area contributed by atoms with Crippen LogP contribution >= 0.6 is 0 Å². The van der Waals surface area contributed by atoms with Crippen molar-refractivity contribution in [3.05, 3.63) is 0 Å². The maximum absolute atomic E-state index is 14.1. The molecule has 0 bridgehead atoms. The number of nitrogens with zero attached hydrogens (tertiary/aromatic N) is 4. The highest BCUT2D eigenvalue weighted by molar-refractivity contribution is 5.99. The number of hydrogen-bond acceptors (Lipinski definition) is 21. The van der Waals surface area contributed by atoms with E-state index in [9.17, 15) is 102 Å². The Kier molecular flexibility index (Phi) is 31.0. The molecule has 0 aromatic rings. The third kappa shape index (κ3) is 24.5. The quantitative estimate of drug-likeness (QED) is 0.0157. The topological polar surface area (TPSA) is 613 Å². The lowest BCUT2D eigenvalue weighted by molar-refractivity contribution is -0.147. The van der Waals surface area contributed by atoms with E-state index in [2.05, 4.69) is 58.5 Å². The molecule has 4 aliphatic heterocycles. The fourth-order valence-electron chi connectivity index (χ4n) is 11.0. The summed E-state index contributed by atoms with van der Waals surface area (Å²) in [5, 5.41) is 82.1. The van der Waals surface area contributed by atoms with Gasteiger partial charge in [0, 0.05) is 58.4 Å². The summed E-state index contributed by atoms with van der Waals surface area (Å²) < 4.78 is 0. The number of carbonyl (C=O) groups excluding carboxylic acids is 14. The van der Waals surface area contributed by atoms with Gasteiger partial charge < -0.3 is 115 Å². The summed E-state index contributed by atoms with van der Waals surface area (Å²) in [5.41, 5.74) is 10.5. The van der Waals surface area contributed by atoms with Gasteiger partial charge in [-0.3, -0.25) is 82.1 Å². The maximum Gasteiger partial charge on any atom is 0.326 e. The van der Waals surface area contributed by atoms with Gasteiger partial charge in [0.25, 0.3) is 0 Å². The highest BCUT2D eigenvalue weighted by Crippen LogP contribution is 2.26. The number of likely N-dealkylation sites (tertiary alicyclic amines) is 4. The second-order valence-corrected chi connectivity index (χ2v) is 23.6. The van der Waals surface area contributed by atoms with Gasteiger partial charge in [0.2, 0.25) is 82.7 Å². The number of nitrogens with two attached hydrogens (primary N) is 2. The highest BCUT2D eigenvalue weighted by Gasteiger charge is 2.46. The van der Waals surface area contributed by atoms with E-state index >= 15 is 0 Å². The summed E-state index contributed by atoms with van der Waals surface area (Å²) >= 11 is 0. The summed E-state index contributed by atoms with van der Waals surface area (Å²) in [6.45, 7) is 0.0679. The summed E-state index contributed by atoms with van der Waals surface area (Å²) in [6.07, 6.45) is -3.88. The molecule has 0 aromatic carbocycles. The second kappa shape index (κ2) is 37.9. The van der Waals surface area contributed by atoms with E-state index in [-0.39, 0.29) is 83.6 Å². The van der Waals surface area contributed by atoms with Crippen molar-refractivity contribution in [3.8, 4) is 0 Å². The zero-order valence-corrected chi connectivity index (χ0v) is 53.3. The van der Waals surface area contributed by atoms with Crippen molar-refractivity contribution in [1.82, 2.24) is 78.1 Å². The van der Waals surface area contributed by atoms with Crippen molar-refractivity contribution in [1.29, 1.82) is 5.41 Å². The molecule has 14 amide bonds. The molecule has 0 aliphatic carbocycles. The zero-order chi connectivity index (χ0) is 71.7. The fraction of sp³-hybridized carbons (Fsp3) is 0.679. The lowest BCUT2D eigenvalue weighted by Gasteiger charge is -2.31. The predicted octanol–water partition coefficient (Wildman–Crippen LogP) is -10.4. The number of aliphatic hydroxyl groups excluding tert-OH is 2. The van der Waals surface area contributed by atoms with E-state index in [0.29, 0.717) is 12.8 Å². The van der Waals surface area contributed by atoms with Crippen LogP contribution in [-0.4, -0.2) is 290 Å². The molecule has 4 heterocycles. The third-order valence-corrected chi connectivity index (χ3v) is 16.0. The van der Waals surface area contributed by atoms with Crippen LogP contribution in [0.5, 0.6) is 0 Å². The molecule has 21 N–H and O–H groups in total. The summed E-state index contributed by atoms with van der Waals surface area (Å²) in [6, 6.07) is -11.9. The van der Waals surface area contributed by atoms with Crippen LogP contribution in [0.15, 0.2) is 0 Å². The van der Waals surface area contributed by atoms with Gasteiger partial charge >= 0.3 is 17.9 Å². The molecule has 40 nitrogen and oxygen atoms in total. The van der Waals surface area contributed by atoms with Crippen LogP contribution in [0.3, 0.4) is 0 Å². The number of aliphatic carboxylic acids is 3. The first kappa shape index (κ1) is 78.6. The normalized spacial score (nSPS) is 20.4. The molecular weight excluding hydrogens is 1280 g/mol. The molecule has 4 fully saturated rings. The molecule has 11 atom stereocenters. The van der Waals surface area contributed by atoms with Gasteiger partial charge in [-0.15, -0.1) is 0 Å². The number of amides is 14. The lowest BCUT2D eigenvalue weighted by atomic mass is 10.0. The van der Waals surface area contributed by atoms with E-state index < -0.39 is 232 Å². The van der Waals surface area contributed by atoms with Gasteiger partial charge in [-0.1, -0.05) is 13.8 Å². The van der Waals surface area contributed by atoms with Crippen LogP contribution in [0, 0.1) is 11.3 Å². The first-order chi connectivity index (χ1) is 45.2. The molecule has 4 saturated heterocycles. The molecule has 40 heteroatoms. The minimum absolute atomic E-state index is 0.0567. The number of carboxylic acids is 3. The van der Waals surface area contributed by atoms with Crippen LogP contribution < -0.4 is 70.0 Å². The average molecular weight is 1370 g/mol. The Bertz CT molecular complexity index is 2940. The molecule has 96 heavy (non-hydrogen) atoms. The van der Waals surface area contributed by atoms with Crippen LogP contribution in [0.1, 0.15) is 97.8 Å². The van der Waals surface area contributed by atoms with Gasteiger partial charge in [-0.2, -0.15) is 0 Å². The van der Waals surface area contributed by atoms with Crippen molar-refractivity contribution in [2.24, 2.45) is 17.4 Å². The number of carbonyl (C=O) groups is 17. The van der Waals surface area contributed by atoms with Crippen molar-refractivity contribution in [3.63, 3.8) is 0 Å². The van der Waals surface area contributed by atoms with E-state index in [0.717, 1.165) is 9.80 Å². The van der Waals surface area contributed by atoms with E-state index in [4.69, 9.17) is 22.0 Å². The van der Waals surface area contributed by atoms with Gasteiger partial charge in [0.1, 0.15) is 54.4 Å². The number of rotatable bonds is 36. The standard InChI is InChI=1S/C56H88N18O22/c1-27(2)46(52(92)65-24-43(82)72-16-6-9-35(72)54(94)74-26-30(76)18-37(74)50(90)63-22-41(80)67-31(10-12-44(83)84)48(88)69-33(55(95)96)7-4-14-60-56(58)59)70-51(91)34-8-5-15-71(34)42(81)23-64-47(87)28(3)66-40(79)21-61-39(78)20-62-49(89)36-17-29(75)25-73(36)53(93)32(11-13-45(85)86)68-38(77)19-57/h27-37,46,75-76H,4-26,57H2,1-3H3,(H,61,78)(H,62,89)(H,63,90)(H,64,87)(H,65,92)(H,66,79)(H,67,80)(H,68,77)(H,69,88)(H,70,91)(H,83,84)(H,85,86)(H,95,96)(H4,58,59,60)/t28-,29+,30+,31-,32-,33-,34-,35-,36-,37-,46-/m0/s1. The Morgan fingerprint density at radius 2 is 1.00 bits per heavy atom. The van der Waals surface area contributed by atoms with Gasteiger partial charge in [-0.25, -0.2) is 4.79 Å². The summed E-state index contributed by atoms with van der Waals surface area (Å²) in [7, 11) is 0. The Morgan fingerprint density at radius 3 is 1.55 bits per heavy atom. The zero-order valence-electron chi connectivity index (χ0n) is 53.3. The summed E-state index contributed by atoms with van der Waals surface area (Å²) in [5.74, 6) is -16.7.